The second-order valence-corrected chi connectivity index (χ2v) is 13.3. The van der Waals surface area contributed by atoms with Crippen LogP contribution >= 0.6 is 0 Å². The summed E-state index contributed by atoms with van der Waals surface area (Å²) in [7, 11) is -3.29. The van der Waals surface area contributed by atoms with Gasteiger partial charge in [-0.2, -0.15) is 4.31 Å². The number of nitrogens with zero attached hydrogens (tertiary/aromatic N) is 5. The highest BCUT2D eigenvalue weighted by atomic mass is 32.2. The zero-order valence-corrected chi connectivity index (χ0v) is 26.0. The van der Waals surface area contributed by atoms with Gasteiger partial charge in [-0.1, -0.05) is 44.2 Å². The van der Waals surface area contributed by atoms with E-state index in [1.165, 1.54) is 23.1 Å². The van der Waals surface area contributed by atoms with Crippen LogP contribution in [0.4, 0.5) is 0 Å². The lowest BCUT2D eigenvalue weighted by molar-refractivity contribution is 0.153. The van der Waals surface area contributed by atoms with Crippen molar-refractivity contribution in [3.63, 3.8) is 0 Å². The average Bonchev–Trinajstić information content (AvgIpc) is 3.48. The van der Waals surface area contributed by atoms with Crippen molar-refractivity contribution in [2.24, 2.45) is 0 Å². The molecule has 3 aromatic rings. The molecule has 8 nitrogen and oxygen atoms in total. The van der Waals surface area contributed by atoms with E-state index in [9.17, 15) is 8.42 Å². The Morgan fingerprint density at radius 3 is 2.24 bits per heavy atom. The number of aromatic nitrogens is 3. The van der Waals surface area contributed by atoms with Crippen molar-refractivity contribution in [1.82, 2.24) is 29.1 Å². The maximum atomic E-state index is 12.6. The first-order chi connectivity index (χ1) is 19.9. The van der Waals surface area contributed by atoms with Gasteiger partial charge >= 0.3 is 0 Å². The molecule has 1 aliphatic rings. The van der Waals surface area contributed by atoms with E-state index in [4.69, 9.17) is 4.98 Å². The van der Waals surface area contributed by atoms with Gasteiger partial charge in [0.2, 0.25) is 10.0 Å². The number of hydrogen-bond donors (Lipinski definition) is 1. The van der Waals surface area contributed by atoms with E-state index in [0.29, 0.717) is 19.6 Å². The first-order valence-corrected chi connectivity index (χ1v) is 17.1. The van der Waals surface area contributed by atoms with E-state index < -0.39 is 10.0 Å². The van der Waals surface area contributed by atoms with Crippen LogP contribution in [0.25, 0.3) is 0 Å². The second kappa shape index (κ2) is 15.6. The molecule has 0 radical (unpaired) electrons. The number of pyridine rings is 1. The normalized spacial score (nSPS) is 15.6. The van der Waals surface area contributed by atoms with Gasteiger partial charge in [0.1, 0.15) is 5.82 Å². The maximum absolute atomic E-state index is 12.6. The molecule has 0 aliphatic heterocycles. The summed E-state index contributed by atoms with van der Waals surface area (Å²) in [5.74, 6) is 0.945. The third kappa shape index (κ3) is 9.46. The Hall–Kier alpha value is -2.59. The lowest BCUT2D eigenvalue weighted by atomic mass is 9.90. The molecule has 41 heavy (non-hydrogen) atoms. The summed E-state index contributed by atoms with van der Waals surface area (Å²) in [6, 6.07) is 12.9. The van der Waals surface area contributed by atoms with Gasteiger partial charge in [-0.05, 0) is 87.3 Å². The minimum absolute atomic E-state index is 0.232. The van der Waals surface area contributed by atoms with Crippen LogP contribution in [0.1, 0.15) is 86.6 Å². The molecule has 1 N–H and O–H groups in total. The molecule has 0 fully saturated rings. The molecule has 1 unspecified atom stereocenters. The van der Waals surface area contributed by atoms with E-state index in [1.54, 1.807) is 10.5 Å². The summed E-state index contributed by atoms with van der Waals surface area (Å²) in [6.07, 6.45) is 14.4. The number of rotatable bonds is 17. The van der Waals surface area contributed by atoms with Gasteiger partial charge in [0, 0.05) is 38.2 Å². The number of fused-ring (bicyclic) bond motifs is 1. The van der Waals surface area contributed by atoms with Crippen LogP contribution in [-0.2, 0) is 36.1 Å². The molecule has 9 heteroatoms. The number of imidazole rings is 1. The molecule has 0 spiro atoms. The van der Waals surface area contributed by atoms with Gasteiger partial charge < -0.3 is 9.88 Å². The van der Waals surface area contributed by atoms with Crippen molar-refractivity contribution in [2.45, 2.75) is 84.5 Å². The predicted molar refractivity (Wildman–Crippen MR) is 166 cm³/mol. The fourth-order valence-electron chi connectivity index (χ4n) is 5.94. The first-order valence-electron chi connectivity index (χ1n) is 15.3. The Balaban J connectivity index is 1.40. The summed E-state index contributed by atoms with van der Waals surface area (Å²) in [6.45, 7) is 10.1. The molecule has 1 aliphatic carbocycles. The first kappa shape index (κ1) is 31.3. The molecule has 2 heterocycles. The minimum atomic E-state index is -3.29. The third-order valence-electron chi connectivity index (χ3n) is 7.96. The molecule has 0 amide bonds. The summed E-state index contributed by atoms with van der Waals surface area (Å²) in [5.41, 5.74) is 4.73. The van der Waals surface area contributed by atoms with Gasteiger partial charge in [0.25, 0.3) is 0 Å². The molecular formula is C32H48N6O2S. The molecule has 0 saturated carbocycles. The Morgan fingerprint density at radius 1 is 0.878 bits per heavy atom. The van der Waals surface area contributed by atoms with Gasteiger partial charge in [-0.3, -0.25) is 9.88 Å². The van der Waals surface area contributed by atoms with Gasteiger partial charge in [-0.25, -0.2) is 13.4 Å². The molecule has 0 bridgehead atoms. The van der Waals surface area contributed by atoms with E-state index in [-0.39, 0.29) is 6.04 Å². The highest BCUT2D eigenvalue weighted by molar-refractivity contribution is 7.88. The molecule has 2 aromatic heterocycles. The number of nitrogens with one attached hydrogen (secondary N) is 1. The molecule has 1 atom stereocenters. The highest BCUT2D eigenvalue weighted by Crippen LogP contribution is 2.34. The van der Waals surface area contributed by atoms with Crippen molar-refractivity contribution >= 4 is 10.0 Å². The van der Waals surface area contributed by atoms with Crippen molar-refractivity contribution < 1.29 is 8.42 Å². The Bertz CT molecular complexity index is 1270. The van der Waals surface area contributed by atoms with Gasteiger partial charge in [0.05, 0.1) is 24.5 Å². The van der Waals surface area contributed by atoms with Crippen LogP contribution < -0.4 is 0 Å². The van der Waals surface area contributed by atoms with Crippen molar-refractivity contribution in [1.29, 1.82) is 0 Å². The van der Waals surface area contributed by atoms with E-state index in [2.05, 4.69) is 63.9 Å². The monoisotopic (exact) mass is 580 g/mol. The average molecular weight is 581 g/mol. The molecular weight excluding hydrogens is 532 g/mol. The lowest BCUT2D eigenvalue weighted by Crippen LogP contribution is -2.32. The zero-order chi connectivity index (χ0) is 29.1. The fourth-order valence-corrected chi connectivity index (χ4v) is 6.78. The topological polar surface area (TPSA) is 85.4 Å². The number of benzene rings is 1. The number of sulfonamides is 1. The van der Waals surface area contributed by atoms with Crippen LogP contribution in [0, 0.1) is 0 Å². The molecule has 1 aromatic carbocycles. The van der Waals surface area contributed by atoms with Crippen molar-refractivity contribution in [3.05, 3.63) is 83.2 Å². The SMILES string of the molecule is CCCN(CCC)CCCCN(Cc1ccc(CN(Cc2ncc[nH]2)C2CCCc3cccnc32)cc1)S(C)(=O)=O. The van der Waals surface area contributed by atoms with E-state index in [0.717, 1.165) is 82.5 Å². The fraction of sp³-hybridized carbons (Fsp3) is 0.562. The summed E-state index contributed by atoms with van der Waals surface area (Å²) in [4.78, 5) is 17.5. The number of unbranched alkanes of at least 4 members (excludes halogenated alkanes) is 1. The number of aryl methyl sites for hydroxylation is 1. The smallest absolute Gasteiger partial charge is 0.211 e. The zero-order valence-electron chi connectivity index (χ0n) is 25.1. The molecule has 224 valence electrons. The van der Waals surface area contributed by atoms with E-state index in [1.807, 2.05) is 18.5 Å². The summed E-state index contributed by atoms with van der Waals surface area (Å²) in [5, 5.41) is 0. The van der Waals surface area contributed by atoms with E-state index >= 15 is 0 Å². The summed E-state index contributed by atoms with van der Waals surface area (Å²) < 4.78 is 26.8. The summed E-state index contributed by atoms with van der Waals surface area (Å²) >= 11 is 0. The number of hydrogen-bond acceptors (Lipinski definition) is 6. The van der Waals surface area contributed by atoms with Crippen LogP contribution in [0.3, 0.4) is 0 Å². The van der Waals surface area contributed by atoms with Crippen LogP contribution in [0.15, 0.2) is 55.0 Å². The quantitative estimate of drug-likeness (QED) is 0.211. The second-order valence-electron chi connectivity index (χ2n) is 11.4. The van der Waals surface area contributed by atoms with Crippen LogP contribution in [0.5, 0.6) is 0 Å². The third-order valence-corrected chi connectivity index (χ3v) is 9.21. The number of aromatic amines is 1. The Labute approximate surface area is 247 Å². The van der Waals surface area contributed by atoms with Gasteiger partial charge in [-0.15, -0.1) is 0 Å². The van der Waals surface area contributed by atoms with Crippen molar-refractivity contribution in [3.8, 4) is 0 Å². The minimum Gasteiger partial charge on any atom is -0.348 e. The Kier molecular flexibility index (Phi) is 11.9. The van der Waals surface area contributed by atoms with Gasteiger partial charge in [0.15, 0.2) is 0 Å². The highest BCUT2D eigenvalue weighted by Gasteiger charge is 2.28. The maximum Gasteiger partial charge on any atom is 0.211 e. The lowest BCUT2D eigenvalue weighted by Gasteiger charge is -2.34. The molecule has 4 rings (SSSR count). The largest absolute Gasteiger partial charge is 0.348 e. The van der Waals surface area contributed by atoms with Crippen LogP contribution in [0.2, 0.25) is 0 Å². The number of H-pyrrole nitrogens is 1. The predicted octanol–water partition coefficient (Wildman–Crippen LogP) is 5.55. The van der Waals surface area contributed by atoms with Crippen LogP contribution in [-0.4, -0.2) is 69.9 Å². The Morgan fingerprint density at radius 2 is 1.59 bits per heavy atom. The van der Waals surface area contributed by atoms with Crippen molar-refractivity contribution in [2.75, 3.05) is 32.4 Å². The standard InChI is InChI=1S/C32H48N6O2S/c1-4-20-36(21-5-2)22-6-7-23-38(41(3,39)40)25-28-15-13-27(14-16-28)24-37(26-31-33-18-19-34-31)30-12-8-10-29-11-9-17-35-32(29)30/h9,11,13-19,30H,4-8,10,12,20-26H2,1-3H3,(H,33,34). The molecule has 0 saturated heterocycles.